The Bertz CT molecular complexity index is 175. The van der Waals surface area contributed by atoms with Gasteiger partial charge in [0.2, 0.25) is 0 Å². The van der Waals surface area contributed by atoms with Gasteiger partial charge in [-0.05, 0) is 33.0 Å². The molecule has 0 radical (unpaired) electrons. The van der Waals surface area contributed by atoms with Gasteiger partial charge in [-0.15, -0.1) is 24.8 Å². The van der Waals surface area contributed by atoms with Gasteiger partial charge in [-0.3, -0.25) is 9.69 Å². The number of aliphatic carboxylic acids is 1. The molecule has 0 amide bonds. The van der Waals surface area contributed by atoms with Crippen LogP contribution in [0, 0.1) is 0 Å². The van der Waals surface area contributed by atoms with Crippen LogP contribution in [-0.2, 0) is 4.79 Å². The van der Waals surface area contributed by atoms with Crippen molar-refractivity contribution in [3.8, 4) is 0 Å². The molecule has 1 atom stereocenters. The van der Waals surface area contributed by atoms with Gasteiger partial charge in [0.15, 0.2) is 0 Å². The molecule has 0 aromatic carbocycles. The number of likely N-dealkylation sites (tertiary alicyclic amines) is 1. The number of piperidine rings is 1. The molecule has 15 heavy (non-hydrogen) atoms. The fraction of sp³-hybridized carbons (Fsp3) is 0.889. The lowest BCUT2D eigenvalue weighted by Gasteiger charge is -2.31. The van der Waals surface area contributed by atoms with Crippen molar-refractivity contribution in [3.05, 3.63) is 0 Å². The van der Waals surface area contributed by atoms with E-state index in [1.807, 2.05) is 0 Å². The summed E-state index contributed by atoms with van der Waals surface area (Å²) in [6.45, 7) is 2.40. The second-order valence-electron chi connectivity index (χ2n) is 3.51. The Morgan fingerprint density at radius 2 is 1.87 bits per heavy atom. The van der Waals surface area contributed by atoms with Crippen molar-refractivity contribution in [2.45, 2.75) is 25.3 Å². The van der Waals surface area contributed by atoms with Crippen LogP contribution >= 0.6 is 24.8 Å². The summed E-state index contributed by atoms with van der Waals surface area (Å²) in [5, 5.41) is 11.9. The Kier molecular flexibility index (Phi) is 10.7. The average Bonchev–Trinajstić information content (AvgIpc) is 2.15. The third-order valence-electron chi connectivity index (χ3n) is 2.51. The van der Waals surface area contributed by atoms with E-state index < -0.39 is 5.97 Å². The summed E-state index contributed by atoms with van der Waals surface area (Å²) in [7, 11) is 1.79. The molecule has 2 N–H and O–H groups in total. The lowest BCUT2D eigenvalue weighted by atomic mass is 10.1. The van der Waals surface area contributed by atoms with Gasteiger partial charge in [0.1, 0.15) is 6.04 Å². The molecule has 6 heteroatoms. The van der Waals surface area contributed by atoms with Crippen molar-refractivity contribution in [1.29, 1.82) is 0 Å². The number of likely N-dealkylation sites (N-methyl/N-ethyl adjacent to an activating group) is 1. The highest BCUT2D eigenvalue weighted by Crippen LogP contribution is 2.11. The van der Waals surface area contributed by atoms with Gasteiger partial charge in [0, 0.05) is 6.54 Å². The zero-order chi connectivity index (χ0) is 9.68. The second-order valence-corrected chi connectivity index (χ2v) is 3.51. The minimum atomic E-state index is -0.712. The highest BCUT2D eigenvalue weighted by molar-refractivity contribution is 5.85. The third-order valence-corrected chi connectivity index (χ3v) is 2.51. The number of carbonyl (C=O) groups is 1. The smallest absolute Gasteiger partial charge is 0.322 e. The molecule has 1 aliphatic rings. The first-order valence-corrected chi connectivity index (χ1v) is 4.87. The zero-order valence-corrected chi connectivity index (χ0v) is 10.6. The van der Waals surface area contributed by atoms with Gasteiger partial charge in [-0.1, -0.05) is 6.42 Å². The summed E-state index contributed by atoms with van der Waals surface area (Å²) in [6.07, 6.45) is 3.50. The molecule has 4 nitrogen and oxygen atoms in total. The molecule has 1 fully saturated rings. The van der Waals surface area contributed by atoms with E-state index in [2.05, 4.69) is 10.2 Å². The van der Waals surface area contributed by atoms with E-state index in [9.17, 15) is 4.79 Å². The summed E-state index contributed by atoms with van der Waals surface area (Å²) in [5.41, 5.74) is 0. The van der Waals surface area contributed by atoms with E-state index in [4.69, 9.17) is 5.11 Å². The fourth-order valence-electron chi connectivity index (χ4n) is 1.80. The molecular formula is C9H20Cl2N2O2. The monoisotopic (exact) mass is 258 g/mol. The minimum Gasteiger partial charge on any atom is -0.480 e. The van der Waals surface area contributed by atoms with E-state index in [1.54, 1.807) is 7.05 Å². The third kappa shape index (κ3) is 5.56. The fourth-order valence-corrected chi connectivity index (χ4v) is 1.80. The maximum atomic E-state index is 10.9. The van der Waals surface area contributed by atoms with E-state index in [0.29, 0.717) is 6.54 Å². The van der Waals surface area contributed by atoms with Crippen LogP contribution in [-0.4, -0.2) is 48.7 Å². The molecule has 92 valence electrons. The highest BCUT2D eigenvalue weighted by Gasteiger charge is 2.25. The maximum Gasteiger partial charge on any atom is 0.322 e. The lowest BCUT2D eigenvalue weighted by Crippen LogP contribution is -2.48. The SMILES string of the molecule is CNCC(C(=O)O)N1CCCCC1.Cl.Cl. The first kappa shape index (κ1) is 17.4. The summed E-state index contributed by atoms with van der Waals surface area (Å²) < 4.78 is 0. The summed E-state index contributed by atoms with van der Waals surface area (Å²) in [6, 6.07) is -0.342. The van der Waals surface area contributed by atoms with Gasteiger partial charge in [-0.25, -0.2) is 0 Å². The number of hydrogen-bond acceptors (Lipinski definition) is 3. The normalized spacial score (nSPS) is 18.5. The number of rotatable bonds is 4. The quantitative estimate of drug-likeness (QED) is 0.790. The Hall–Kier alpha value is -0.0300. The van der Waals surface area contributed by atoms with Crippen LogP contribution in [0.2, 0.25) is 0 Å². The minimum absolute atomic E-state index is 0. The molecule has 1 heterocycles. The molecule has 1 unspecified atom stereocenters. The molecule has 0 bridgehead atoms. The Labute approximate surface area is 103 Å². The first-order chi connectivity index (χ1) is 6.25. The number of carboxylic acids is 1. The van der Waals surface area contributed by atoms with Gasteiger partial charge in [-0.2, -0.15) is 0 Å². The second kappa shape index (κ2) is 9.21. The van der Waals surface area contributed by atoms with E-state index in [0.717, 1.165) is 25.9 Å². The van der Waals surface area contributed by atoms with Crippen LogP contribution in [0.3, 0.4) is 0 Å². The van der Waals surface area contributed by atoms with Gasteiger partial charge in [0.25, 0.3) is 0 Å². The predicted molar refractivity (Wildman–Crippen MR) is 65.3 cm³/mol. The molecule has 1 saturated heterocycles. The zero-order valence-electron chi connectivity index (χ0n) is 8.94. The maximum absolute atomic E-state index is 10.9. The van der Waals surface area contributed by atoms with E-state index in [-0.39, 0.29) is 30.9 Å². The lowest BCUT2D eigenvalue weighted by molar-refractivity contribution is -0.143. The Morgan fingerprint density at radius 1 is 1.33 bits per heavy atom. The standard InChI is InChI=1S/C9H18N2O2.2ClH/c1-10-7-8(9(12)13)11-5-3-2-4-6-11;;/h8,10H,2-7H2,1H3,(H,12,13);2*1H. The molecule has 0 saturated carbocycles. The molecular weight excluding hydrogens is 239 g/mol. The van der Waals surface area contributed by atoms with Crippen LogP contribution in [0.4, 0.5) is 0 Å². The number of carboxylic acid groups (broad SMARTS) is 1. The summed E-state index contributed by atoms with van der Waals surface area (Å²) in [4.78, 5) is 13.0. The molecule has 0 spiro atoms. The number of halogens is 2. The predicted octanol–water partition coefficient (Wildman–Crippen LogP) is 0.988. The van der Waals surface area contributed by atoms with Crippen molar-refractivity contribution in [2.24, 2.45) is 0 Å². The van der Waals surface area contributed by atoms with Crippen molar-refractivity contribution < 1.29 is 9.90 Å². The highest BCUT2D eigenvalue weighted by atomic mass is 35.5. The van der Waals surface area contributed by atoms with Crippen LogP contribution in [0.1, 0.15) is 19.3 Å². The van der Waals surface area contributed by atoms with Crippen molar-refractivity contribution in [3.63, 3.8) is 0 Å². The molecule has 0 aromatic rings. The molecule has 0 aliphatic carbocycles. The molecule has 0 aromatic heterocycles. The summed E-state index contributed by atoms with van der Waals surface area (Å²) in [5.74, 6) is -0.712. The molecule has 1 aliphatic heterocycles. The van der Waals surface area contributed by atoms with Crippen molar-refractivity contribution >= 4 is 30.8 Å². The topological polar surface area (TPSA) is 52.6 Å². The number of hydrogen-bond donors (Lipinski definition) is 2. The largest absolute Gasteiger partial charge is 0.480 e. The van der Waals surface area contributed by atoms with Crippen LogP contribution in [0.25, 0.3) is 0 Å². The van der Waals surface area contributed by atoms with Gasteiger partial charge < -0.3 is 10.4 Å². The van der Waals surface area contributed by atoms with Gasteiger partial charge in [0.05, 0.1) is 0 Å². The average molecular weight is 259 g/mol. The van der Waals surface area contributed by atoms with Crippen LogP contribution in [0.5, 0.6) is 0 Å². The van der Waals surface area contributed by atoms with E-state index >= 15 is 0 Å². The van der Waals surface area contributed by atoms with Crippen LogP contribution in [0.15, 0.2) is 0 Å². The Balaban J connectivity index is 0. The van der Waals surface area contributed by atoms with Crippen LogP contribution < -0.4 is 5.32 Å². The first-order valence-electron chi connectivity index (χ1n) is 4.87. The number of nitrogens with zero attached hydrogens (tertiary/aromatic N) is 1. The molecule has 1 rings (SSSR count). The van der Waals surface area contributed by atoms with Crippen molar-refractivity contribution in [1.82, 2.24) is 10.2 Å². The Morgan fingerprint density at radius 3 is 2.27 bits per heavy atom. The number of nitrogens with one attached hydrogen (secondary N) is 1. The van der Waals surface area contributed by atoms with Crippen molar-refractivity contribution in [2.75, 3.05) is 26.7 Å². The summed E-state index contributed by atoms with van der Waals surface area (Å²) >= 11 is 0. The van der Waals surface area contributed by atoms with E-state index in [1.165, 1.54) is 6.42 Å². The van der Waals surface area contributed by atoms with Gasteiger partial charge >= 0.3 is 5.97 Å².